The molecule has 0 aliphatic heterocycles. The second kappa shape index (κ2) is 24.7. The summed E-state index contributed by atoms with van der Waals surface area (Å²) in [5.41, 5.74) is -0.869. The van der Waals surface area contributed by atoms with Crippen LogP contribution in [0.4, 0.5) is 5.69 Å². The number of hydrogen-bond acceptors (Lipinski definition) is 6. The maximum Gasteiger partial charge on any atom is 0.339 e. The minimum atomic E-state index is -1.31. The van der Waals surface area contributed by atoms with E-state index in [1.165, 1.54) is 37.1 Å². The molecule has 1 aromatic carbocycles. The second-order valence-electron chi connectivity index (χ2n) is 10.9. The van der Waals surface area contributed by atoms with E-state index in [1.807, 2.05) is 13.8 Å². The Morgan fingerprint density at radius 3 is 1.98 bits per heavy atom. The molecule has 45 heavy (non-hydrogen) atoms. The summed E-state index contributed by atoms with van der Waals surface area (Å²) in [7, 11) is 1.47. The smallest absolute Gasteiger partial charge is 0.339 e. The molecule has 1 rings (SSSR count). The first-order valence-electron chi connectivity index (χ1n) is 15.8. The van der Waals surface area contributed by atoms with Crippen molar-refractivity contribution in [1.82, 2.24) is 5.32 Å². The topological polar surface area (TPSA) is 125 Å². The fraction of sp³-hybridized carbons (Fsp3) is 0.472. The van der Waals surface area contributed by atoms with Gasteiger partial charge in [0.2, 0.25) is 5.91 Å². The number of rotatable bonds is 23. The number of amides is 2. The molecule has 0 spiro atoms. The van der Waals surface area contributed by atoms with Crippen LogP contribution in [-0.4, -0.2) is 52.3 Å². The van der Waals surface area contributed by atoms with E-state index in [0.29, 0.717) is 6.42 Å². The van der Waals surface area contributed by atoms with Crippen LogP contribution in [0.3, 0.4) is 0 Å². The van der Waals surface area contributed by atoms with Crippen molar-refractivity contribution in [3.05, 3.63) is 84.5 Å². The zero-order chi connectivity index (χ0) is 33.3. The van der Waals surface area contributed by atoms with Gasteiger partial charge in [-0.25, -0.2) is 4.79 Å². The van der Waals surface area contributed by atoms with Crippen molar-refractivity contribution >= 4 is 35.2 Å². The lowest BCUT2D eigenvalue weighted by Gasteiger charge is -2.23. The molecule has 0 aromatic heterocycles. The number of benzene rings is 1. The molecule has 2 amide bonds. The number of allylic oxidation sites excluding steroid dienone is 10. The summed E-state index contributed by atoms with van der Waals surface area (Å²) in [6, 6.07) is 2.94. The summed E-state index contributed by atoms with van der Waals surface area (Å²) in [5, 5.41) is 24.4. The van der Waals surface area contributed by atoms with Gasteiger partial charge in [-0.15, -0.1) is 11.8 Å². The highest BCUT2D eigenvalue weighted by molar-refractivity contribution is 8.00. The second-order valence-corrected chi connectivity index (χ2v) is 12.0. The highest BCUT2D eigenvalue weighted by Crippen LogP contribution is 2.22. The van der Waals surface area contributed by atoms with Crippen LogP contribution in [0, 0.1) is 5.92 Å². The van der Waals surface area contributed by atoms with E-state index in [-0.39, 0.29) is 17.2 Å². The Morgan fingerprint density at radius 2 is 1.44 bits per heavy atom. The maximum atomic E-state index is 13.0. The highest BCUT2D eigenvalue weighted by Gasteiger charge is 2.27. The molecule has 4 N–H and O–H groups in total. The number of thioether (sulfide) groups is 1. The number of carbonyl (C=O) groups excluding carboxylic acids is 2. The van der Waals surface area contributed by atoms with Gasteiger partial charge in [0.1, 0.15) is 17.4 Å². The van der Waals surface area contributed by atoms with Gasteiger partial charge >= 0.3 is 5.97 Å². The minimum absolute atomic E-state index is 0.111. The Morgan fingerprint density at radius 1 is 0.867 bits per heavy atom. The summed E-state index contributed by atoms with van der Waals surface area (Å²) < 4.78 is 5.40. The van der Waals surface area contributed by atoms with Crippen molar-refractivity contribution in [3.63, 3.8) is 0 Å². The molecule has 9 heteroatoms. The van der Waals surface area contributed by atoms with E-state index >= 15 is 0 Å². The number of carboxylic acid groups (broad SMARTS) is 1. The van der Waals surface area contributed by atoms with Crippen molar-refractivity contribution in [1.29, 1.82) is 0 Å². The van der Waals surface area contributed by atoms with Crippen LogP contribution in [0.25, 0.3) is 0 Å². The molecule has 1 aromatic rings. The van der Waals surface area contributed by atoms with Gasteiger partial charge in [0.15, 0.2) is 5.44 Å². The normalized spacial score (nSPS) is 13.5. The summed E-state index contributed by atoms with van der Waals surface area (Å²) in [5.74, 6) is -1.73. The van der Waals surface area contributed by atoms with Gasteiger partial charge in [0.25, 0.3) is 5.91 Å². The molecule has 0 bridgehead atoms. The van der Waals surface area contributed by atoms with Crippen molar-refractivity contribution in [2.45, 2.75) is 90.0 Å². The van der Waals surface area contributed by atoms with E-state index in [0.717, 1.165) is 57.1 Å². The third kappa shape index (κ3) is 18.8. The number of ether oxygens (including phenoxy) is 1. The van der Waals surface area contributed by atoms with E-state index in [4.69, 9.17) is 4.74 Å². The summed E-state index contributed by atoms with van der Waals surface area (Å²) >= 11 is 1.39. The number of methoxy groups -OCH3 is 1. The molecule has 2 atom stereocenters. The molecule has 0 fully saturated rings. The number of anilines is 1. The molecule has 0 saturated carbocycles. The fourth-order valence-corrected chi connectivity index (χ4v) is 5.07. The molecular weight excluding hydrogens is 588 g/mol. The molecule has 0 aliphatic rings. The van der Waals surface area contributed by atoms with E-state index < -0.39 is 35.0 Å². The van der Waals surface area contributed by atoms with Gasteiger partial charge in [0.05, 0.1) is 0 Å². The van der Waals surface area contributed by atoms with Crippen molar-refractivity contribution in [2.75, 3.05) is 18.2 Å². The number of carbonyl (C=O) groups is 3. The third-order valence-corrected chi connectivity index (χ3v) is 7.69. The van der Waals surface area contributed by atoms with Crippen molar-refractivity contribution in [2.24, 2.45) is 5.92 Å². The summed E-state index contributed by atoms with van der Waals surface area (Å²) in [6.45, 7) is 6.02. The van der Waals surface area contributed by atoms with Gasteiger partial charge in [0, 0.05) is 12.8 Å². The van der Waals surface area contributed by atoms with Gasteiger partial charge in [-0.3, -0.25) is 9.59 Å². The Bertz CT molecular complexity index is 1170. The van der Waals surface area contributed by atoms with Crippen LogP contribution in [-0.2, 0) is 14.3 Å². The average Bonchev–Trinajstić information content (AvgIpc) is 3.00. The van der Waals surface area contributed by atoms with Crippen molar-refractivity contribution < 1.29 is 29.3 Å². The lowest BCUT2D eigenvalue weighted by molar-refractivity contribution is -0.130. The predicted molar refractivity (Wildman–Crippen MR) is 187 cm³/mol. The van der Waals surface area contributed by atoms with Gasteiger partial charge in [-0.1, -0.05) is 81.5 Å². The van der Waals surface area contributed by atoms with Crippen LogP contribution in [0.2, 0.25) is 0 Å². The minimum Gasteiger partial charge on any atom is -0.507 e. The maximum absolute atomic E-state index is 13.0. The standard InChI is InChI=1S/C36H52N2O6S/c1-5-6-7-8-9-10-11-12-13-14-15-16-17-18-19-20-21-22-25-45-36(44-4)34(41)38-31(26-28(2)3)33(40)37-29-23-24-32(39)30(27-29)35(42)43/h6-7,9-10,12-13,15-16,18-19,23-24,27-28,31,36,39H,5,8,11,14,17,20-22,25-26H2,1-4H3,(H,37,40)(H,38,41)(H,42,43). The van der Waals surface area contributed by atoms with Crippen LogP contribution in [0.5, 0.6) is 5.75 Å². The Hall–Kier alpha value is -3.56. The zero-order valence-electron chi connectivity index (χ0n) is 27.2. The monoisotopic (exact) mass is 640 g/mol. The van der Waals surface area contributed by atoms with Crippen LogP contribution in [0.15, 0.2) is 79.0 Å². The lowest BCUT2D eigenvalue weighted by Crippen LogP contribution is -2.48. The van der Waals surface area contributed by atoms with E-state index in [1.54, 1.807) is 0 Å². The quantitative estimate of drug-likeness (QED) is 0.0411. The first kappa shape index (κ1) is 39.5. The Labute approximate surface area is 273 Å². The van der Waals surface area contributed by atoms with Crippen LogP contribution in [0.1, 0.15) is 88.9 Å². The first-order valence-corrected chi connectivity index (χ1v) is 16.8. The lowest BCUT2D eigenvalue weighted by atomic mass is 10.0. The van der Waals surface area contributed by atoms with Crippen molar-refractivity contribution in [3.8, 4) is 5.75 Å². The highest BCUT2D eigenvalue weighted by atomic mass is 32.2. The molecule has 0 radical (unpaired) electrons. The van der Waals surface area contributed by atoms with Gasteiger partial charge in [-0.2, -0.15) is 0 Å². The zero-order valence-corrected chi connectivity index (χ0v) is 28.1. The number of aromatic hydroxyl groups is 1. The molecular formula is C36H52N2O6S. The molecule has 0 aliphatic carbocycles. The number of unbranched alkanes of at least 4 members (excludes halogenated alkanes) is 2. The molecule has 0 heterocycles. The largest absolute Gasteiger partial charge is 0.507 e. The SMILES string of the molecule is CCC=CCC=CCC=CCC=CCC=CCCCCSC(OC)C(=O)NC(CC(C)C)C(=O)Nc1ccc(O)c(C(=O)O)c1. The number of hydrogen-bond donors (Lipinski definition) is 4. The predicted octanol–water partition coefficient (Wildman–Crippen LogP) is 8.19. The van der Waals surface area contributed by atoms with Crippen LogP contribution < -0.4 is 10.6 Å². The first-order chi connectivity index (χ1) is 21.7. The molecule has 2 unspecified atom stereocenters. The Kier molecular flexibility index (Phi) is 21.7. The summed E-state index contributed by atoms with van der Waals surface area (Å²) in [6.07, 6.45) is 30.0. The number of phenols is 1. The van der Waals surface area contributed by atoms with Crippen LogP contribution >= 0.6 is 11.8 Å². The average molecular weight is 641 g/mol. The van der Waals surface area contributed by atoms with E-state index in [2.05, 4.69) is 78.3 Å². The Balaban J connectivity index is 2.37. The van der Waals surface area contributed by atoms with Gasteiger partial charge < -0.3 is 25.6 Å². The fourth-order valence-electron chi connectivity index (χ4n) is 4.13. The summed E-state index contributed by atoms with van der Waals surface area (Å²) in [4.78, 5) is 37.3. The van der Waals surface area contributed by atoms with Gasteiger partial charge in [-0.05, 0) is 87.7 Å². The number of aromatic carboxylic acids is 1. The van der Waals surface area contributed by atoms with E-state index in [9.17, 15) is 24.6 Å². The molecule has 8 nitrogen and oxygen atoms in total. The third-order valence-electron chi connectivity index (χ3n) is 6.45. The molecule has 248 valence electrons. The number of nitrogens with one attached hydrogen (secondary N) is 2. The molecule has 0 saturated heterocycles. The number of carboxylic acids is 1.